The Balaban J connectivity index is 1.72. The molecular formula is C23H19N3O7S. The van der Waals surface area contributed by atoms with Crippen molar-refractivity contribution in [2.24, 2.45) is 4.99 Å². The summed E-state index contributed by atoms with van der Waals surface area (Å²) in [6, 6.07) is 10.8. The van der Waals surface area contributed by atoms with Crippen molar-refractivity contribution < 1.29 is 33.4 Å². The number of carbonyl (C=O) groups excluding carboxylic acids is 5. The number of hydrogen-bond acceptors (Lipinski definition) is 8. The van der Waals surface area contributed by atoms with E-state index >= 15 is 0 Å². The van der Waals surface area contributed by atoms with E-state index < -0.39 is 17.8 Å². The molecule has 0 spiro atoms. The second-order valence-corrected chi connectivity index (χ2v) is 8.32. The first kappa shape index (κ1) is 23.1. The minimum atomic E-state index is -0.580. The maximum absolute atomic E-state index is 12.9. The Kier molecular flexibility index (Phi) is 6.37. The van der Waals surface area contributed by atoms with Gasteiger partial charge >= 0.3 is 11.9 Å². The van der Waals surface area contributed by atoms with E-state index in [1.54, 1.807) is 18.2 Å². The van der Waals surface area contributed by atoms with Crippen LogP contribution in [0.4, 0.5) is 5.69 Å². The van der Waals surface area contributed by atoms with E-state index in [4.69, 9.17) is 9.47 Å². The number of thiazole rings is 1. The third-order valence-electron chi connectivity index (χ3n) is 5.24. The van der Waals surface area contributed by atoms with Crippen LogP contribution in [0.25, 0.3) is 10.2 Å². The Hall–Kier alpha value is -4.12. The molecule has 0 aliphatic carbocycles. The Bertz CT molecular complexity index is 1390. The van der Waals surface area contributed by atoms with Crippen LogP contribution >= 0.6 is 11.3 Å². The van der Waals surface area contributed by atoms with Gasteiger partial charge < -0.3 is 14.0 Å². The molecule has 34 heavy (non-hydrogen) atoms. The number of anilines is 1. The van der Waals surface area contributed by atoms with E-state index in [1.807, 2.05) is 0 Å². The highest BCUT2D eigenvalue weighted by Crippen LogP contribution is 2.23. The minimum Gasteiger partial charge on any atom is -0.468 e. The van der Waals surface area contributed by atoms with Gasteiger partial charge in [-0.05, 0) is 42.5 Å². The van der Waals surface area contributed by atoms with Crippen LogP contribution in [-0.2, 0) is 30.4 Å². The van der Waals surface area contributed by atoms with Gasteiger partial charge in [-0.1, -0.05) is 11.3 Å². The summed E-state index contributed by atoms with van der Waals surface area (Å²) < 4.78 is 11.7. The highest BCUT2D eigenvalue weighted by atomic mass is 32.1. The number of esters is 2. The zero-order valence-corrected chi connectivity index (χ0v) is 19.1. The fraction of sp³-hybridized carbons (Fsp3) is 0.217. The first-order chi connectivity index (χ1) is 16.3. The lowest BCUT2D eigenvalue weighted by atomic mass is 10.2. The summed E-state index contributed by atoms with van der Waals surface area (Å²) in [6.45, 7) is -0.182. The van der Waals surface area contributed by atoms with Gasteiger partial charge in [-0.2, -0.15) is 4.99 Å². The number of ether oxygens (including phenoxy) is 2. The molecule has 1 aliphatic rings. The van der Waals surface area contributed by atoms with Gasteiger partial charge in [0, 0.05) is 18.4 Å². The second-order valence-electron chi connectivity index (χ2n) is 7.31. The molecule has 0 atom stereocenters. The lowest BCUT2D eigenvalue weighted by Crippen LogP contribution is -2.28. The van der Waals surface area contributed by atoms with E-state index in [1.165, 1.54) is 43.1 Å². The minimum absolute atomic E-state index is 0.165. The third kappa shape index (κ3) is 4.37. The number of fused-ring (bicyclic) bond motifs is 1. The van der Waals surface area contributed by atoms with Crippen LogP contribution in [0.3, 0.4) is 0 Å². The molecule has 0 bridgehead atoms. The summed E-state index contributed by atoms with van der Waals surface area (Å²) in [5.41, 5.74) is 1.54. The quantitative estimate of drug-likeness (QED) is 0.403. The van der Waals surface area contributed by atoms with Crippen molar-refractivity contribution in [1.82, 2.24) is 4.57 Å². The zero-order chi connectivity index (χ0) is 24.4. The number of amides is 3. The van der Waals surface area contributed by atoms with Gasteiger partial charge in [0.25, 0.3) is 5.91 Å². The molecule has 3 amide bonds. The van der Waals surface area contributed by atoms with Crippen molar-refractivity contribution in [1.29, 1.82) is 0 Å². The number of aromatic nitrogens is 1. The van der Waals surface area contributed by atoms with Crippen LogP contribution in [0.2, 0.25) is 0 Å². The van der Waals surface area contributed by atoms with Crippen LogP contribution in [0.5, 0.6) is 0 Å². The summed E-state index contributed by atoms with van der Waals surface area (Å²) in [5, 5.41) is 0. The molecule has 0 N–H and O–H groups in total. The monoisotopic (exact) mass is 481 g/mol. The average Bonchev–Trinajstić information content (AvgIpc) is 3.36. The predicted octanol–water partition coefficient (Wildman–Crippen LogP) is 2.06. The average molecular weight is 481 g/mol. The zero-order valence-electron chi connectivity index (χ0n) is 18.3. The molecule has 10 nitrogen and oxygen atoms in total. The Labute approximate surface area is 197 Å². The normalized spacial score (nSPS) is 14.1. The maximum atomic E-state index is 12.9. The largest absolute Gasteiger partial charge is 0.468 e. The number of benzene rings is 2. The number of nitrogens with zero attached hydrogens (tertiary/aromatic N) is 3. The van der Waals surface area contributed by atoms with Gasteiger partial charge in [0.1, 0.15) is 6.54 Å². The lowest BCUT2D eigenvalue weighted by Gasteiger charge is -2.13. The van der Waals surface area contributed by atoms with Crippen molar-refractivity contribution in [2.75, 3.05) is 19.1 Å². The molecule has 1 saturated heterocycles. The van der Waals surface area contributed by atoms with Gasteiger partial charge in [-0.15, -0.1) is 0 Å². The summed E-state index contributed by atoms with van der Waals surface area (Å²) in [6.07, 6.45) is 0.331. The molecule has 4 rings (SSSR count). The molecule has 0 unspecified atom stereocenters. The number of hydrogen-bond donors (Lipinski definition) is 0. The lowest BCUT2D eigenvalue weighted by molar-refractivity contribution is -0.141. The molecule has 0 radical (unpaired) electrons. The van der Waals surface area contributed by atoms with E-state index in [9.17, 15) is 24.0 Å². The van der Waals surface area contributed by atoms with Crippen LogP contribution < -0.4 is 9.70 Å². The van der Waals surface area contributed by atoms with Gasteiger partial charge in [-0.3, -0.25) is 24.1 Å². The molecule has 0 saturated carbocycles. The summed E-state index contributed by atoms with van der Waals surface area (Å²) >= 11 is 1.13. The van der Waals surface area contributed by atoms with Crippen molar-refractivity contribution >= 4 is 56.9 Å². The molecule has 2 aromatic carbocycles. The van der Waals surface area contributed by atoms with Gasteiger partial charge in [0.2, 0.25) is 11.8 Å². The van der Waals surface area contributed by atoms with E-state index in [2.05, 4.69) is 4.99 Å². The van der Waals surface area contributed by atoms with Gasteiger partial charge in [-0.25, -0.2) is 4.79 Å². The fourth-order valence-corrected chi connectivity index (χ4v) is 4.59. The van der Waals surface area contributed by atoms with Crippen LogP contribution in [0, 0.1) is 0 Å². The molecule has 11 heteroatoms. The molecule has 1 aliphatic heterocycles. The standard InChI is InChI=1S/C23H19N3O7S/c1-32-20(29)12-25-16-8-5-14(22(31)33-2)11-17(16)34-23(25)24-21(30)13-3-6-15(7-4-13)26-18(27)9-10-19(26)28/h3-8,11H,9-10,12H2,1-2H3. The number of rotatable bonds is 5. The molecular weight excluding hydrogens is 462 g/mol. The Morgan fingerprint density at radius 2 is 1.59 bits per heavy atom. The first-order valence-corrected chi connectivity index (χ1v) is 11.0. The van der Waals surface area contributed by atoms with E-state index in [0.29, 0.717) is 21.5 Å². The van der Waals surface area contributed by atoms with Crippen LogP contribution in [0.1, 0.15) is 33.6 Å². The summed E-state index contributed by atoms with van der Waals surface area (Å²) in [5.74, 6) is -2.19. The molecule has 1 fully saturated rings. The van der Waals surface area contributed by atoms with Gasteiger partial charge in [0.05, 0.1) is 35.7 Å². The third-order valence-corrected chi connectivity index (χ3v) is 6.28. The first-order valence-electron chi connectivity index (χ1n) is 10.2. The SMILES string of the molecule is COC(=O)Cn1c(=NC(=O)c2ccc(N3C(=O)CCC3=O)cc2)sc2cc(C(=O)OC)ccc21. The van der Waals surface area contributed by atoms with Crippen molar-refractivity contribution in [2.45, 2.75) is 19.4 Å². The van der Waals surface area contributed by atoms with Crippen molar-refractivity contribution in [3.8, 4) is 0 Å². The summed E-state index contributed by atoms with van der Waals surface area (Å²) in [7, 11) is 2.53. The smallest absolute Gasteiger partial charge is 0.337 e. The van der Waals surface area contributed by atoms with E-state index in [0.717, 1.165) is 16.2 Å². The topological polar surface area (TPSA) is 124 Å². The maximum Gasteiger partial charge on any atom is 0.337 e. The Morgan fingerprint density at radius 3 is 2.21 bits per heavy atom. The molecule has 3 aromatic rings. The highest BCUT2D eigenvalue weighted by molar-refractivity contribution is 7.16. The number of imide groups is 1. The van der Waals surface area contributed by atoms with Crippen LogP contribution in [0.15, 0.2) is 47.5 Å². The molecule has 174 valence electrons. The fourth-order valence-electron chi connectivity index (χ4n) is 3.52. The van der Waals surface area contributed by atoms with Crippen molar-refractivity contribution in [3.63, 3.8) is 0 Å². The van der Waals surface area contributed by atoms with Gasteiger partial charge in [0.15, 0.2) is 4.80 Å². The predicted molar refractivity (Wildman–Crippen MR) is 121 cm³/mol. The molecule has 1 aromatic heterocycles. The number of carbonyl (C=O) groups is 5. The number of methoxy groups -OCH3 is 2. The summed E-state index contributed by atoms with van der Waals surface area (Å²) in [4.78, 5) is 66.1. The van der Waals surface area contributed by atoms with Crippen molar-refractivity contribution in [3.05, 3.63) is 58.4 Å². The highest BCUT2D eigenvalue weighted by Gasteiger charge is 2.30. The van der Waals surface area contributed by atoms with Crippen LogP contribution in [-0.4, -0.2) is 48.4 Å². The van der Waals surface area contributed by atoms with E-state index in [-0.39, 0.29) is 41.6 Å². The second kappa shape index (κ2) is 9.40. The Morgan fingerprint density at radius 1 is 0.941 bits per heavy atom. The molecule has 2 heterocycles.